The van der Waals surface area contributed by atoms with Crippen LogP contribution in [0.1, 0.15) is 11.3 Å². The number of aryl methyl sites for hydroxylation is 1. The standard InChI is InChI=1S/C17H14N4O2/c1-12-5-7-13(8-6-12)15-10-14(23-19-15)11-21-17(22)20-9-3-2-4-16(20)18-21/h2-10H,11H2,1H3. The van der Waals surface area contributed by atoms with Gasteiger partial charge in [0.15, 0.2) is 11.4 Å². The molecule has 3 heterocycles. The van der Waals surface area contributed by atoms with Gasteiger partial charge in [-0.1, -0.05) is 41.1 Å². The molecule has 0 saturated carbocycles. The van der Waals surface area contributed by atoms with Gasteiger partial charge in [-0.2, -0.15) is 0 Å². The van der Waals surface area contributed by atoms with Crippen LogP contribution < -0.4 is 5.69 Å². The van der Waals surface area contributed by atoms with Gasteiger partial charge in [0.2, 0.25) is 0 Å². The summed E-state index contributed by atoms with van der Waals surface area (Å²) in [6, 6.07) is 15.3. The van der Waals surface area contributed by atoms with Gasteiger partial charge >= 0.3 is 5.69 Å². The van der Waals surface area contributed by atoms with Crippen molar-refractivity contribution in [2.75, 3.05) is 0 Å². The molecule has 6 nitrogen and oxygen atoms in total. The smallest absolute Gasteiger partial charge is 0.350 e. The number of hydrogen-bond donors (Lipinski definition) is 0. The predicted octanol–water partition coefficient (Wildman–Crippen LogP) is 2.51. The Hall–Kier alpha value is -3.15. The van der Waals surface area contributed by atoms with E-state index in [2.05, 4.69) is 10.3 Å². The number of aromatic nitrogens is 4. The molecule has 0 aliphatic rings. The maximum atomic E-state index is 12.2. The minimum Gasteiger partial charge on any atom is -0.359 e. The first kappa shape index (κ1) is 13.5. The number of benzene rings is 1. The summed E-state index contributed by atoms with van der Waals surface area (Å²) >= 11 is 0. The van der Waals surface area contributed by atoms with E-state index < -0.39 is 0 Å². The highest BCUT2D eigenvalue weighted by Gasteiger charge is 2.11. The number of fused-ring (bicyclic) bond motifs is 1. The molecular weight excluding hydrogens is 292 g/mol. The van der Waals surface area contributed by atoms with Crippen molar-refractivity contribution in [2.24, 2.45) is 0 Å². The average Bonchev–Trinajstić information content (AvgIpc) is 3.15. The SMILES string of the molecule is Cc1ccc(-c2cc(Cn3nc4ccccn4c3=O)on2)cc1. The summed E-state index contributed by atoms with van der Waals surface area (Å²) in [6.45, 7) is 2.28. The summed E-state index contributed by atoms with van der Waals surface area (Å²) in [6.07, 6.45) is 1.69. The first-order valence-corrected chi connectivity index (χ1v) is 7.27. The van der Waals surface area contributed by atoms with Crippen LogP contribution in [0.4, 0.5) is 0 Å². The Morgan fingerprint density at radius 1 is 1.13 bits per heavy atom. The number of rotatable bonds is 3. The molecule has 0 radical (unpaired) electrons. The Labute approximate surface area is 131 Å². The third kappa shape index (κ3) is 2.44. The van der Waals surface area contributed by atoms with Crippen molar-refractivity contribution >= 4 is 5.65 Å². The quantitative estimate of drug-likeness (QED) is 0.583. The first-order valence-electron chi connectivity index (χ1n) is 7.27. The Balaban J connectivity index is 1.65. The van der Waals surface area contributed by atoms with Crippen LogP contribution in [0.25, 0.3) is 16.9 Å². The van der Waals surface area contributed by atoms with Gasteiger partial charge in [-0.25, -0.2) is 9.48 Å². The lowest BCUT2D eigenvalue weighted by atomic mass is 10.1. The summed E-state index contributed by atoms with van der Waals surface area (Å²) in [4.78, 5) is 12.2. The van der Waals surface area contributed by atoms with Crippen molar-refractivity contribution in [1.29, 1.82) is 0 Å². The van der Waals surface area contributed by atoms with E-state index >= 15 is 0 Å². The Kier molecular flexibility index (Phi) is 3.08. The highest BCUT2D eigenvalue weighted by molar-refractivity contribution is 5.59. The van der Waals surface area contributed by atoms with Gasteiger partial charge in [0, 0.05) is 17.8 Å². The molecule has 0 unspecified atom stereocenters. The van der Waals surface area contributed by atoms with Gasteiger partial charge in [-0.3, -0.25) is 4.40 Å². The Bertz CT molecular complexity index is 1020. The van der Waals surface area contributed by atoms with Crippen molar-refractivity contribution in [1.82, 2.24) is 19.3 Å². The lowest BCUT2D eigenvalue weighted by Crippen LogP contribution is -2.21. The summed E-state index contributed by atoms with van der Waals surface area (Å²) < 4.78 is 8.21. The molecule has 4 rings (SSSR count). The lowest BCUT2D eigenvalue weighted by molar-refractivity contribution is 0.371. The average molecular weight is 306 g/mol. The molecule has 0 bridgehead atoms. The van der Waals surface area contributed by atoms with Gasteiger partial charge in [0.25, 0.3) is 0 Å². The van der Waals surface area contributed by atoms with Crippen LogP contribution in [-0.4, -0.2) is 19.3 Å². The fraction of sp³-hybridized carbons (Fsp3) is 0.118. The molecule has 6 heteroatoms. The molecule has 1 aromatic carbocycles. The highest BCUT2D eigenvalue weighted by Crippen LogP contribution is 2.19. The van der Waals surface area contributed by atoms with Crippen molar-refractivity contribution in [3.05, 3.63) is 76.5 Å². The van der Waals surface area contributed by atoms with Crippen LogP contribution in [0.15, 0.2) is 64.0 Å². The summed E-state index contributed by atoms with van der Waals surface area (Å²) in [5, 5.41) is 8.35. The van der Waals surface area contributed by atoms with Crippen LogP contribution in [-0.2, 0) is 6.54 Å². The molecule has 0 aliphatic heterocycles. The topological polar surface area (TPSA) is 65.3 Å². The van der Waals surface area contributed by atoms with E-state index in [4.69, 9.17) is 4.52 Å². The molecule has 0 fully saturated rings. The number of nitrogens with zero attached hydrogens (tertiary/aromatic N) is 4. The summed E-state index contributed by atoms with van der Waals surface area (Å²) in [5.74, 6) is 0.589. The van der Waals surface area contributed by atoms with Gasteiger partial charge in [-0.15, -0.1) is 5.10 Å². The second-order valence-electron chi connectivity index (χ2n) is 5.41. The maximum Gasteiger partial charge on any atom is 0.350 e. The molecule has 0 aliphatic carbocycles. The molecule has 0 saturated heterocycles. The third-order valence-corrected chi connectivity index (χ3v) is 3.70. The maximum absolute atomic E-state index is 12.2. The van der Waals surface area contributed by atoms with E-state index in [-0.39, 0.29) is 12.2 Å². The summed E-state index contributed by atoms with van der Waals surface area (Å²) in [5.41, 5.74) is 3.32. The lowest BCUT2D eigenvalue weighted by Gasteiger charge is -1.95. The van der Waals surface area contributed by atoms with Gasteiger partial charge in [0.05, 0.1) is 0 Å². The van der Waals surface area contributed by atoms with E-state index in [9.17, 15) is 4.79 Å². The molecule has 0 spiro atoms. The number of pyridine rings is 1. The minimum atomic E-state index is -0.200. The molecule has 0 atom stereocenters. The fourth-order valence-electron chi connectivity index (χ4n) is 2.47. The highest BCUT2D eigenvalue weighted by atomic mass is 16.5. The third-order valence-electron chi connectivity index (χ3n) is 3.70. The van der Waals surface area contributed by atoms with Crippen LogP contribution in [0, 0.1) is 6.92 Å². The zero-order valence-corrected chi connectivity index (χ0v) is 12.5. The van der Waals surface area contributed by atoms with E-state index in [1.807, 2.05) is 43.3 Å². The first-order chi connectivity index (χ1) is 11.2. The Morgan fingerprint density at radius 2 is 1.96 bits per heavy atom. The molecule has 4 aromatic rings. The molecule has 0 amide bonds. The van der Waals surface area contributed by atoms with E-state index in [0.717, 1.165) is 11.3 Å². The molecular formula is C17H14N4O2. The van der Waals surface area contributed by atoms with Crippen LogP contribution in [0.3, 0.4) is 0 Å². The molecule has 114 valence electrons. The van der Waals surface area contributed by atoms with Gasteiger partial charge in [-0.05, 0) is 19.1 Å². The van der Waals surface area contributed by atoms with E-state index in [0.29, 0.717) is 11.4 Å². The second-order valence-corrected chi connectivity index (χ2v) is 5.41. The van der Waals surface area contributed by atoms with Crippen LogP contribution in [0.2, 0.25) is 0 Å². The summed E-state index contributed by atoms with van der Waals surface area (Å²) in [7, 11) is 0. The van der Waals surface area contributed by atoms with Gasteiger partial charge in [0.1, 0.15) is 12.2 Å². The van der Waals surface area contributed by atoms with Gasteiger partial charge < -0.3 is 4.52 Å². The van der Waals surface area contributed by atoms with Crippen molar-refractivity contribution in [3.63, 3.8) is 0 Å². The molecule has 3 aromatic heterocycles. The monoisotopic (exact) mass is 306 g/mol. The van der Waals surface area contributed by atoms with E-state index in [1.54, 1.807) is 18.3 Å². The van der Waals surface area contributed by atoms with Crippen molar-refractivity contribution < 1.29 is 4.52 Å². The minimum absolute atomic E-state index is 0.200. The van der Waals surface area contributed by atoms with Crippen molar-refractivity contribution in [2.45, 2.75) is 13.5 Å². The Morgan fingerprint density at radius 3 is 2.74 bits per heavy atom. The zero-order valence-electron chi connectivity index (χ0n) is 12.5. The molecule has 0 N–H and O–H groups in total. The second kappa shape index (κ2) is 5.24. The zero-order chi connectivity index (χ0) is 15.8. The fourth-order valence-corrected chi connectivity index (χ4v) is 2.47. The molecule has 23 heavy (non-hydrogen) atoms. The van der Waals surface area contributed by atoms with Crippen molar-refractivity contribution in [3.8, 4) is 11.3 Å². The van der Waals surface area contributed by atoms with Crippen LogP contribution in [0.5, 0.6) is 0 Å². The normalized spacial score (nSPS) is 11.2. The number of hydrogen-bond acceptors (Lipinski definition) is 4. The van der Waals surface area contributed by atoms with Crippen LogP contribution >= 0.6 is 0 Å². The van der Waals surface area contributed by atoms with E-state index in [1.165, 1.54) is 14.6 Å². The predicted molar refractivity (Wildman–Crippen MR) is 85.2 cm³/mol. The largest absolute Gasteiger partial charge is 0.359 e.